The van der Waals surface area contributed by atoms with Gasteiger partial charge in [0.2, 0.25) is 8.41 Å². The summed E-state index contributed by atoms with van der Waals surface area (Å²) in [7, 11) is -1.54. The quantitative estimate of drug-likeness (QED) is 0.453. The molecular formula is C24H28FN3O4Si. The molecule has 1 amide bonds. The highest BCUT2D eigenvalue weighted by molar-refractivity contribution is 6.72. The number of aliphatic hydroxyl groups excluding tert-OH is 1. The van der Waals surface area contributed by atoms with Crippen LogP contribution in [0, 0.1) is 5.92 Å². The van der Waals surface area contributed by atoms with Crippen molar-refractivity contribution in [1.29, 1.82) is 0 Å². The minimum Gasteiger partial charge on any atom is -0.396 e. The molecule has 2 aliphatic heterocycles. The predicted octanol–water partition coefficient (Wildman–Crippen LogP) is 3.45. The fourth-order valence-corrected chi connectivity index (χ4v) is 8.46. The molecule has 174 valence electrons. The third kappa shape index (κ3) is 2.99. The number of nitrogens with one attached hydrogen (secondary N) is 1. The predicted molar refractivity (Wildman–Crippen MR) is 127 cm³/mol. The molecule has 4 atom stereocenters. The van der Waals surface area contributed by atoms with Crippen LogP contribution in [-0.2, 0) is 15.1 Å². The highest BCUT2D eigenvalue weighted by Crippen LogP contribution is 2.60. The van der Waals surface area contributed by atoms with Crippen LogP contribution in [0.1, 0.15) is 18.9 Å². The van der Waals surface area contributed by atoms with E-state index in [0.717, 1.165) is 0 Å². The summed E-state index contributed by atoms with van der Waals surface area (Å²) in [5.74, 6) is -0.665. The number of carbonyl (C=O) groups is 1. The molecule has 2 N–H and O–H groups in total. The number of carbonyl (C=O) groups excluding carboxylic acids is 1. The Bertz CT molecular complexity index is 1310. The number of aromatic amines is 1. The molecule has 9 heteroatoms. The normalized spacial score (nSPS) is 27.2. The summed E-state index contributed by atoms with van der Waals surface area (Å²) in [6, 6.07) is 12.6. The van der Waals surface area contributed by atoms with Gasteiger partial charge in [-0.3, -0.25) is 14.7 Å². The molecule has 0 radical (unpaired) electrons. The molecule has 1 spiro atoms. The number of nitrogens with zero attached hydrogens (tertiary/aromatic N) is 2. The van der Waals surface area contributed by atoms with Crippen molar-refractivity contribution in [3.8, 4) is 5.69 Å². The summed E-state index contributed by atoms with van der Waals surface area (Å²) < 4.78 is 23.4. The van der Waals surface area contributed by atoms with Crippen molar-refractivity contribution in [3.63, 3.8) is 0 Å². The first-order chi connectivity index (χ1) is 15.6. The van der Waals surface area contributed by atoms with Crippen molar-refractivity contribution in [2.24, 2.45) is 5.92 Å². The molecule has 0 bridgehead atoms. The third-order valence-electron chi connectivity index (χ3n) is 7.34. The van der Waals surface area contributed by atoms with E-state index in [4.69, 9.17) is 4.74 Å². The maximum atomic E-state index is 15.5. The topological polar surface area (TPSA) is 87.6 Å². The first-order valence-electron chi connectivity index (χ1n) is 11.2. The number of rotatable bonds is 4. The molecule has 2 aromatic carbocycles. The van der Waals surface area contributed by atoms with E-state index >= 15 is 4.11 Å². The number of hydrogen-bond acceptors (Lipinski definition) is 4. The fraction of sp³-hybridized carbons (Fsp3) is 0.417. The smallest absolute Gasteiger partial charge is 0.279 e. The van der Waals surface area contributed by atoms with E-state index in [1.165, 1.54) is 4.68 Å². The molecule has 5 rings (SSSR count). The number of para-hydroxylation sites is 1. The Labute approximate surface area is 191 Å². The van der Waals surface area contributed by atoms with Crippen LogP contribution in [0.5, 0.6) is 0 Å². The third-order valence-corrected chi connectivity index (χ3v) is 9.80. The second kappa shape index (κ2) is 7.38. The van der Waals surface area contributed by atoms with Crippen LogP contribution >= 0.6 is 0 Å². The molecule has 0 aliphatic carbocycles. The number of fused-ring (bicyclic) bond motifs is 3. The van der Waals surface area contributed by atoms with Crippen LogP contribution in [0.3, 0.4) is 0 Å². The van der Waals surface area contributed by atoms with Crippen molar-refractivity contribution in [2.75, 3.05) is 18.6 Å². The number of hydrogen-bond donors (Lipinski definition) is 2. The van der Waals surface area contributed by atoms with Crippen molar-refractivity contribution in [3.05, 3.63) is 58.4 Å². The molecule has 1 saturated heterocycles. The first kappa shape index (κ1) is 22.1. The molecular weight excluding hydrogens is 441 g/mol. The Morgan fingerprint density at radius 2 is 1.94 bits per heavy atom. The van der Waals surface area contributed by atoms with Crippen LogP contribution in [0.15, 0.2) is 47.3 Å². The zero-order valence-corrected chi connectivity index (χ0v) is 20.1. The second-order valence-corrected chi connectivity index (χ2v) is 13.4. The first-order valence-corrected chi connectivity index (χ1v) is 14.2. The van der Waals surface area contributed by atoms with Crippen molar-refractivity contribution < 1.29 is 18.7 Å². The summed E-state index contributed by atoms with van der Waals surface area (Å²) in [5, 5.41) is 13.3. The van der Waals surface area contributed by atoms with Gasteiger partial charge >= 0.3 is 0 Å². The van der Waals surface area contributed by atoms with Crippen LogP contribution in [0.2, 0.25) is 18.6 Å². The van der Waals surface area contributed by atoms with Crippen LogP contribution < -0.4 is 10.5 Å². The lowest BCUT2D eigenvalue weighted by molar-refractivity contribution is -0.146. The van der Waals surface area contributed by atoms with Gasteiger partial charge in [-0.05, 0) is 49.8 Å². The average Bonchev–Trinajstić information content (AvgIpc) is 3.34. The number of likely N-dealkylation sites (N-methyl/N-ethyl adjacent to an activating group) is 1. The molecule has 2 aliphatic rings. The Balaban J connectivity index is 1.69. The lowest BCUT2D eigenvalue weighted by atomic mass is 9.82. The Hall–Kier alpha value is -2.75. The lowest BCUT2D eigenvalue weighted by Crippen LogP contribution is -2.44. The number of H-pyrrole nitrogens is 1. The maximum absolute atomic E-state index is 15.5. The van der Waals surface area contributed by atoms with E-state index in [-0.39, 0.29) is 24.5 Å². The van der Waals surface area contributed by atoms with E-state index in [2.05, 4.69) is 5.10 Å². The number of ether oxygens (including phenoxy) is 1. The lowest BCUT2D eigenvalue weighted by Gasteiger charge is -2.31. The largest absolute Gasteiger partial charge is 0.396 e. The maximum Gasteiger partial charge on any atom is 0.279 e. The minimum atomic E-state index is -3.23. The molecule has 3 heterocycles. The Morgan fingerprint density at radius 1 is 1.21 bits per heavy atom. The highest BCUT2D eigenvalue weighted by atomic mass is 28.4. The van der Waals surface area contributed by atoms with Crippen molar-refractivity contribution in [2.45, 2.75) is 43.7 Å². The van der Waals surface area contributed by atoms with Gasteiger partial charge < -0.3 is 18.9 Å². The molecule has 0 unspecified atom stereocenters. The number of anilines is 1. The summed E-state index contributed by atoms with van der Waals surface area (Å²) >= 11 is 0. The average molecular weight is 470 g/mol. The molecule has 7 nitrogen and oxygen atoms in total. The Morgan fingerprint density at radius 3 is 2.61 bits per heavy atom. The number of aliphatic hydroxyl groups is 1. The van der Waals surface area contributed by atoms with Gasteiger partial charge in [0.05, 0.1) is 28.4 Å². The van der Waals surface area contributed by atoms with Crippen molar-refractivity contribution >= 4 is 30.9 Å². The number of halogens is 1. The zero-order valence-electron chi connectivity index (χ0n) is 19.1. The zero-order chi connectivity index (χ0) is 23.7. The summed E-state index contributed by atoms with van der Waals surface area (Å²) in [4.78, 5) is 28.2. The number of amides is 1. The molecule has 0 saturated carbocycles. The fourth-order valence-electron chi connectivity index (χ4n) is 5.92. The summed E-state index contributed by atoms with van der Waals surface area (Å²) in [6.45, 7) is 4.99. The molecule has 1 aromatic heterocycles. The van der Waals surface area contributed by atoms with E-state index in [1.807, 2.05) is 25.1 Å². The Kier molecular flexibility index (Phi) is 4.93. The highest BCUT2D eigenvalue weighted by Gasteiger charge is 2.66. The van der Waals surface area contributed by atoms with Crippen LogP contribution in [-0.4, -0.2) is 49.0 Å². The van der Waals surface area contributed by atoms with Gasteiger partial charge in [0.15, 0.2) is 5.60 Å². The van der Waals surface area contributed by atoms with Gasteiger partial charge in [-0.25, -0.2) is 4.68 Å². The van der Waals surface area contributed by atoms with E-state index < -0.39 is 31.6 Å². The van der Waals surface area contributed by atoms with Gasteiger partial charge in [-0.2, -0.15) is 0 Å². The van der Waals surface area contributed by atoms with E-state index in [1.54, 1.807) is 49.3 Å². The summed E-state index contributed by atoms with van der Waals surface area (Å²) in [6.07, 6.45) is -0.288. The minimum absolute atomic E-state index is 0.143. The van der Waals surface area contributed by atoms with Crippen LogP contribution in [0.25, 0.3) is 16.6 Å². The second-order valence-electron chi connectivity index (χ2n) is 9.65. The molecule has 33 heavy (non-hydrogen) atoms. The van der Waals surface area contributed by atoms with Gasteiger partial charge in [0.1, 0.15) is 0 Å². The molecule has 3 aromatic rings. The van der Waals surface area contributed by atoms with Gasteiger partial charge in [0.25, 0.3) is 11.5 Å². The van der Waals surface area contributed by atoms with Gasteiger partial charge in [-0.1, -0.05) is 19.1 Å². The number of benzene rings is 2. The number of aromatic nitrogens is 2. The van der Waals surface area contributed by atoms with Crippen LogP contribution in [0.4, 0.5) is 9.80 Å². The van der Waals surface area contributed by atoms with Crippen molar-refractivity contribution in [1.82, 2.24) is 9.78 Å². The monoisotopic (exact) mass is 469 g/mol. The standard InChI is InChI=1S/C24H28FN3O4Si/c1-14-21(33(3,4)25)20(11-12-29)32-24(14)17-13-15(9-10-19(17)27(2)23(24)31)28-22(30)16-7-5-6-8-18(16)26-28/h5-10,13-14,20-21,26,29H,11-12H2,1-4H3/t14-,20+,21-,24+/m0/s1. The van der Waals surface area contributed by atoms with Gasteiger partial charge in [0, 0.05) is 30.7 Å². The SMILES string of the molecule is C[C@H]1[C@H]([Si](C)(C)F)[C@@H](CCO)O[C@]12C(=O)N(C)c1ccc(-n3[nH]c4ccccc4c3=O)cc12. The molecule has 1 fully saturated rings. The van der Waals surface area contributed by atoms with Gasteiger partial charge in [-0.15, -0.1) is 0 Å². The summed E-state index contributed by atoms with van der Waals surface area (Å²) in [5.41, 5.74) is 0.613. The van der Waals surface area contributed by atoms with E-state index in [9.17, 15) is 14.7 Å². The van der Waals surface area contributed by atoms with E-state index in [0.29, 0.717) is 27.8 Å².